The lowest BCUT2D eigenvalue weighted by molar-refractivity contribution is -0.127. The molecule has 0 unspecified atom stereocenters. The number of methoxy groups -OCH3 is 1. The smallest absolute Gasteiger partial charge is 0.248 e. The molecule has 0 heterocycles. The Balaban J connectivity index is 2.21. The number of rotatable bonds is 8. The highest BCUT2D eigenvalue weighted by Gasteiger charge is 2.25. The number of nitrogens with zero attached hydrogens (tertiary/aromatic N) is 1. The normalized spacial score (nSPS) is 12.4. The Hall–Kier alpha value is -2.58. The van der Waals surface area contributed by atoms with Crippen molar-refractivity contribution in [3.8, 4) is 11.5 Å². The van der Waals surface area contributed by atoms with Crippen molar-refractivity contribution in [1.29, 1.82) is 0 Å². The summed E-state index contributed by atoms with van der Waals surface area (Å²) in [6.45, 7) is 1.78. The molecule has 140 valence electrons. The molecule has 0 saturated heterocycles. The van der Waals surface area contributed by atoms with Gasteiger partial charge in [0.15, 0.2) is 6.10 Å². The number of ether oxygens (including phenoxy) is 2. The van der Waals surface area contributed by atoms with Crippen LogP contribution in [0.2, 0.25) is 0 Å². The van der Waals surface area contributed by atoms with Crippen LogP contribution >= 0.6 is 0 Å². The first kappa shape index (κ1) is 19.7. The molecule has 0 bridgehead atoms. The lowest BCUT2D eigenvalue weighted by Gasteiger charge is -2.25. The highest BCUT2D eigenvalue weighted by Crippen LogP contribution is 2.26. The van der Waals surface area contributed by atoms with Crippen molar-refractivity contribution >= 4 is 21.6 Å². The van der Waals surface area contributed by atoms with Crippen LogP contribution in [-0.4, -0.2) is 40.3 Å². The Bertz CT molecular complexity index is 848. The van der Waals surface area contributed by atoms with Crippen LogP contribution in [0.25, 0.3) is 0 Å². The maximum Gasteiger partial charge on any atom is 0.248 e. The predicted octanol–water partition coefficient (Wildman–Crippen LogP) is 2.05. The largest absolute Gasteiger partial charge is 0.457 e. The molecule has 7 nitrogen and oxygen atoms in total. The van der Waals surface area contributed by atoms with E-state index in [9.17, 15) is 13.2 Å². The van der Waals surface area contributed by atoms with Gasteiger partial charge in [-0.1, -0.05) is 17.7 Å². The highest BCUT2D eigenvalue weighted by atomic mass is 32.2. The molecule has 0 radical (unpaired) electrons. The summed E-state index contributed by atoms with van der Waals surface area (Å²) in [6, 6.07) is 14.1. The van der Waals surface area contributed by atoms with Crippen molar-refractivity contribution in [1.82, 2.24) is 0 Å². The van der Waals surface area contributed by atoms with Gasteiger partial charge >= 0.3 is 0 Å². The third-order valence-corrected chi connectivity index (χ3v) is 4.88. The van der Waals surface area contributed by atoms with Crippen LogP contribution in [0.1, 0.15) is 5.56 Å². The summed E-state index contributed by atoms with van der Waals surface area (Å²) in [4.78, 5) is 11.4. The molecule has 26 heavy (non-hydrogen) atoms. The molecule has 2 aromatic rings. The lowest BCUT2D eigenvalue weighted by Crippen LogP contribution is -2.43. The fourth-order valence-corrected chi connectivity index (χ4v) is 3.20. The number of hydrogen-bond donors (Lipinski definition) is 1. The van der Waals surface area contributed by atoms with Gasteiger partial charge in [0.2, 0.25) is 15.9 Å². The second kappa shape index (κ2) is 8.20. The molecule has 1 amide bonds. The number of anilines is 1. The molecule has 0 aliphatic heterocycles. The van der Waals surface area contributed by atoms with E-state index in [1.165, 1.54) is 7.11 Å². The minimum absolute atomic E-state index is 0.206. The maximum atomic E-state index is 12.1. The second-order valence-corrected chi connectivity index (χ2v) is 7.74. The van der Waals surface area contributed by atoms with E-state index in [4.69, 9.17) is 15.2 Å². The van der Waals surface area contributed by atoms with Crippen molar-refractivity contribution < 1.29 is 22.7 Å². The minimum atomic E-state index is -3.63. The van der Waals surface area contributed by atoms with Crippen molar-refractivity contribution in [3.05, 3.63) is 54.1 Å². The van der Waals surface area contributed by atoms with E-state index in [-0.39, 0.29) is 6.54 Å². The molecule has 0 fully saturated rings. The molecule has 0 saturated carbocycles. The molecule has 8 heteroatoms. The van der Waals surface area contributed by atoms with E-state index in [1.807, 2.05) is 31.2 Å². The SMILES string of the molecule is CO[C@H](CN(c1ccc(Oc2ccc(C)cc2)cc1)S(C)(=O)=O)C(N)=O. The highest BCUT2D eigenvalue weighted by molar-refractivity contribution is 7.92. The predicted molar refractivity (Wildman–Crippen MR) is 99.9 cm³/mol. The zero-order valence-electron chi connectivity index (χ0n) is 14.9. The van der Waals surface area contributed by atoms with Crippen LogP contribution in [0.4, 0.5) is 5.69 Å². The van der Waals surface area contributed by atoms with Gasteiger partial charge in [-0.2, -0.15) is 0 Å². The number of aryl methyl sites for hydroxylation is 1. The zero-order chi connectivity index (χ0) is 19.3. The Morgan fingerprint density at radius 1 is 1.08 bits per heavy atom. The third-order valence-electron chi connectivity index (χ3n) is 3.72. The monoisotopic (exact) mass is 378 g/mol. The van der Waals surface area contributed by atoms with Gasteiger partial charge in [0.25, 0.3) is 0 Å². The first-order valence-corrected chi connectivity index (χ1v) is 9.70. The van der Waals surface area contributed by atoms with Crippen molar-refractivity contribution in [2.45, 2.75) is 13.0 Å². The zero-order valence-corrected chi connectivity index (χ0v) is 15.7. The first-order chi connectivity index (χ1) is 12.2. The van der Waals surface area contributed by atoms with Crippen molar-refractivity contribution in [3.63, 3.8) is 0 Å². The second-order valence-electron chi connectivity index (χ2n) is 5.83. The van der Waals surface area contributed by atoms with E-state index < -0.39 is 22.0 Å². The number of primary amides is 1. The Kier molecular flexibility index (Phi) is 6.23. The summed E-state index contributed by atoms with van der Waals surface area (Å²) >= 11 is 0. The fraction of sp³-hybridized carbons (Fsp3) is 0.278. The molecule has 2 aromatic carbocycles. The molecule has 0 spiro atoms. The average Bonchev–Trinajstić information content (AvgIpc) is 2.57. The Morgan fingerprint density at radius 2 is 1.58 bits per heavy atom. The van der Waals surface area contributed by atoms with Gasteiger partial charge in [-0.3, -0.25) is 9.10 Å². The Morgan fingerprint density at radius 3 is 2.00 bits per heavy atom. The van der Waals surface area contributed by atoms with Crippen molar-refractivity contribution in [2.75, 3.05) is 24.2 Å². The van der Waals surface area contributed by atoms with E-state index in [1.54, 1.807) is 24.3 Å². The number of benzene rings is 2. The number of hydrogen-bond acceptors (Lipinski definition) is 5. The summed E-state index contributed by atoms with van der Waals surface area (Å²) in [5, 5.41) is 0. The molecular weight excluding hydrogens is 356 g/mol. The van der Waals surface area contributed by atoms with Gasteiger partial charge in [0, 0.05) is 7.11 Å². The standard InChI is InChI=1S/C18H22N2O5S/c1-13-4-8-15(9-5-13)25-16-10-6-14(7-11-16)20(26(3,22)23)12-17(24-2)18(19)21/h4-11,17H,12H2,1-3H3,(H2,19,21)/t17-/m1/s1. The topological polar surface area (TPSA) is 98.9 Å². The Labute approximate surface area is 153 Å². The molecule has 2 rings (SSSR count). The first-order valence-electron chi connectivity index (χ1n) is 7.85. The number of carbonyl (C=O) groups excluding carboxylic acids is 1. The molecular formula is C18H22N2O5S. The molecule has 0 aromatic heterocycles. The summed E-state index contributed by atoms with van der Waals surface area (Å²) < 4.78 is 36.0. The van der Waals surface area contributed by atoms with Gasteiger partial charge in [-0.05, 0) is 43.3 Å². The van der Waals surface area contributed by atoms with E-state index in [0.29, 0.717) is 17.2 Å². The number of carbonyl (C=O) groups is 1. The van der Waals surface area contributed by atoms with Crippen molar-refractivity contribution in [2.24, 2.45) is 5.73 Å². The minimum Gasteiger partial charge on any atom is -0.457 e. The fourth-order valence-electron chi connectivity index (χ4n) is 2.29. The maximum absolute atomic E-state index is 12.1. The van der Waals surface area contributed by atoms with Gasteiger partial charge in [-0.15, -0.1) is 0 Å². The number of sulfonamides is 1. The molecule has 0 aliphatic carbocycles. The number of amides is 1. The van der Waals surface area contributed by atoms with Gasteiger partial charge in [0.1, 0.15) is 11.5 Å². The van der Waals surface area contributed by atoms with Crippen LogP contribution in [0.15, 0.2) is 48.5 Å². The molecule has 2 N–H and O–H groups in total. The molecule has 0 aliphatic rings. The summed E-state index contributed by atoms with van der Waals surface area (Å²) in [5.41, 5.74) is 6.74. The third kappa shape index (κ3) is 5.21. The van der Waals surface area contributed by atoms with Crippen LogP contribution in [0, 0.1) is 6.92 Å². The van der Waals surface area contributed by atoms with Gasteiger partial charge in [-0.25, -0.2) is 8.42 Å². The summed E-state index contributed by atoms with van der Waals surface area (Å²) in [5.74, 6) is 0.501. The number of nitrogens with two attached hydrogens (primary N) is 1. The van der Waals surface area contributed by atoms with E-state index in [2.05, 4.69) is 0 Å². The van der Waals surface area contributed by atoms with Crippen LogP contribution in [-0.2, 0) is 19.6 Å². The van der Waals surface area contributed by atoms with Gasteiger partial charge in [0.05, 0.1) is 18.5 Å². The molecule has 1 atom stereocenters. The lowest BCUT2D eigenvalue weighted by atomic mass is 10.2. The van der Waals surface area contributed by atoms with Crippen LogP contribution in [0.3, 0.4) is 0 Å². The average molecular weight is 378 g/mol. The quantitative estimate of drug-likeness (QED) is 0.758. The van der Waals surface area contributed by atoms with Crippen LogP contribution in [0.5, 0.6) is 11.5 Å². The van der Waals surface area contributed by atoms with Gasteiger partial charge < -0.3 is 15.2 Å². The summed E-state index contributed by atoms with van der Waals surface area (Å²) in [6.07, 6.45) is 0.00505. The summed E-state index contributed by atoms with van der Waals surface area (Å²) in [7, 11) is -2.33. The van der Waals surface area contributed by atoms with E-state index >= 15 is 0 Å². The van der Waals surface area contributed by atoms with Crippen LogP contribution < -0.4 is 14.8 Å². The van der Waals surface area contributed by atoms with E-state index in [0.717, 1.165) is 16.1 Å².